The van der Waals surface area contributed by atoms with Crippen LogP contribution >= 0.6 is 11.6 Å². The van der Waals surface area contributed by atoms with E-state index >= 15 is 0 Å². The standard InChI is InChI=1S/C16H20ClN3/c1-20-16(18-11-19-20)10-14-9-13(7-8-15(14)17)12-5-3-2-4-6-12/h2-6,11,13-15H,7-10H2,1H3. The first-order chi connectivity index (χ1) is 9.74. The molecule has 1 fully saturated rings. The van der Waals surface area contributed by atoms with Crippen LogP contribution < -0.4 is 0 Å². The number of aromatic nitrogens is 3. The SMILES string of the molecule is Cn1ncnc1CC1CC(c2ccccc2)CCC1Cl. The summed E-state index contributed by atoms with van der Waals surface area (Å²) in [7, 11) is 1.95. The van der Waals surface area contributed by atoms with Crippen molar-refractivity contribution in [1.82, 2.24) is 14.8 Å². The van der Waals surface area contributed by atoms with Crippen molar-refractivity contribution in [2.24, 2.45) is 13.0 Å². The lowest BCUT2D eigenvalue weighted by Gasteiger charge is -2.33. The van der Waals surface area contributed by atoms with Gasteiger partial charge in [-0.25, -0.2) is 4.98 Å². The lowest BCUT2D eigenvalue weighted by atomic mass is 9.76. The van der Waals surface area contributed by atoms with Gasteiger partial charge < -0.3 is 0 Å². The van der Waals surface area contributed by atoms with Gasteiger partial charge in [0.15, 0.2) is 0 Å². The van der Waals surface area contributed by atoms with E-state index in [1.165, 1.54) is 12.0 Å². The molecule has 1 aromatic heterocycles. The van der Waals surface area contributed by atoms with E-state index in [1.54, 1.807) is 6.33 Å². The van der Waals surface area contributed by atoms with Crippen molar-refractivity contribution in [2.45, 2.75) is 37.0 Å². The molecule has 1 aliphatic carbocycles. The normalized spacial score (nSPS) is 26.6. The molecule has 3 rings (SSSR count). The van der Waals surface area contributed by atoms with Gasteiger partial charge in [-0.05, 0) is 36.7 Å². The highest BCUT2D eigenvalue weighted by Gasteiger charge is 2.30. The smallest absolute Gasteiger partial charge is 0.138 e. The van der Waals surface area contributed by atoms with Crippen LogP contribution in [0, 0.1) is 5.92 Å². The van der Waals surface area contributed by atoms with Gasteiger partial charge in [-0.2, -0.15) is 5.10 Å². The molecule has 0 radical (unpaired) electrons. The van der Waals surface area contributed by atoms with Crippen LogP contribution in [-0.4, -0.2) is 20.1 Å². The number of nitrogens with zero attached hydrogens (tertiary/aromatic N) is 3. The Balaban J connectivity index is 1.72. The van der Waals surface area contributed by atoms with E-state index in [0.29, 0.717) is 11.8 Å². The Hall–Kier alpha value is -1.35. The first kappa shape index (κ1) is 13.6. The highest BCUT2D eigenvalue weighted by atomic mass is 35.5. The van der Waals surface area contributed by atoms with E-state index in [1.807, 2.05) is 11.7 Å². The highest BCUT2D eigenvalue weighted by molar-refractivity contribution is 6.20. The summed E-state index contributed by atoms with van der Waals surface area (Å²) in [5, 5.41) is 4.40. The second kappa shape index (κ2) is 5.96. The van der Waals surface area contributed by atoms with Crippen LogP contribution in [0.4, 0.5) is 0 Å². The van der Waals surface area contributed by atoms with E-state index < -0.39 is 0 Å². The summed E-state index contributed by atoms with van der Waals surface area (Å²) in [6.45, 7) is 0. The van der Waals surface area contributed by atoms with Crippen molar-refractivity contribution in [1.29, 1.82) is 0 Å². The molecule has 1 aromatic carbocycles. The van der Waals surface area contributed by atoms with E-state index in [0.717, 1.165) is 25.1 Å². The van der Waals surface area contributed by atoms with Gasteiger partial charge in [0.1, 0.15) is 12.2 Å². The molecule has 0 saturated heterocycles. The van der Waals surface area contributed by atoms with Gasteiger partial charge in [-0.1, -0.05) is 30.3 Å². The molecule has 20 heavy (non-hydrogen) atoms. The number of hydrogen-bond acceptors (Lipinski definition) is 2. The lowest BCUT2D eigenvalue weighted by Crippen LogP contribution is -2.27. The maximum atomic E-state index is 6.55. The second-order valence-corrected chi connectivity index (χ2v) is 6.26. The number of rotatable bonds is 3. The monoisotopic (exact) mass is 289 g/mol. The Morgan fingerprint density at radius 1 is 1.25 bits per heavy atom. The zero-order valence-electron chi connectivity index (χ0n) is 11.7. The summed E-state index contributed by atoms with van der Waals surface area (Å²) in [6.07, 6.45) is 5.96. The zero-order valence-corrected chi connectivity index (χ0v) is 12.5. The number of aryl methyl sites for hydroxylation is 1. The highest BCUT2D eigenvalue weighted by Crippen LogP contribution is 2.39. The van der Waals surface area contributed by atoms with E-state index in [9.17, 15) is 0 Å². The molecule has 1 saturated carbocycles. The predicted molar refractivity (Wildman–Crippen MR) is 80.9 cm³/mol. The molecule has 4 heteroatoms. The number of halogens is 1. The topological polar surface area (TPSA) is 30.7 Å². The maximum Gasteiger partial charge on any atom is 0.138 e. The molecule has 0 N–H and O–H groups in total. The molecule has 0 spiro atoms. The van der Waals surface area contributed by atoms with Gasteiger partial charge in [0, 0.05) is 18.8 Å². The molecule has 2 aromatic rings. The quantitative estimate of drug-likeness (QED) is 0.809. The van der Waals surface area contributed by atoms with Crippen molar-refractivity contribution in [3.63, 3.8) is 0 Å². The number of alkyl halides is 1. The molecule has 0 bridgehead atoms. The van der Waals surface area contributed by atoms with Gasteiger partial charge in [-0.15, -0.1) is 11.6 Å². The average molecular weight is 290 g/mol. The van der Waals surface area contributed by atoms with Gasteiger partial charge >= 0.3 is 0 Å². The molecule has 0 aliphatic heterocycles. The van der Waals surface area contributed by atoms with Crippen LogP contribution in [0.15, 0.2) is 36.7 Å². The molecule has 1 heterocycles. The van der Waals surface area contributed by atoms with Gasteiger partial charge in [0.2, 0.25) is 0 Å². The number of hydrogen-bond donors (Lipinski definition) is 0. The van der Waals surface area contributed by atoms with E-state index in [2.05, 4.69) is 40.4 Å². The van der Waals surface area contributed by atoms with Gasteiger partial charge in [0.25, 0.3) is 0 Å². The molecule has 3 atom stereocenters. The molecule has 0 amide bonds. The fourth-order valence-corrected chi connectivity index (χ4v) is 3.52. The van der Waals surface area contributed by atoms with E-state index in [-0.39, 0.29) is 5.38 Å². The first-order valence-corrected chi connectivity index (χ1v) is 7.69. The summed E-state index contributed by atoms with van der Waals surface area (Å²) in [6, 6.07) is 10.8. The fourth-order valence-electron chi connectivity index (χ4n) is 3.21. The summed E-state index contributed by atoms with van der Waals surface area (Å²) in [5.74, 6) is 2.15. The molecule has 106 valence electrons. The van der Waals surface area contributed by atoms with Crippen molar-refractivity contribution >= 4 is 11.6 Å². The van der Waals surface area contributed by atoms with Crippen LogP contribution in [0.25, 0.3) is 0 Å². The Kier molecular flexibility index (Phi) is 4.06. The average Bonchev–Trinajstić information content (AvgIpc) is 2.88. The van der Waals surface area contributed by atoms with Crippen LogP contribution in [0.3, 0.4) is 0 Å². The molecule has 3 unspecified atom stereocenters. The third kappa shape index (κ3) is 2.88. The van der Waals surface area contributed by atoms with Crippen molar-refractivity contribution < 1.29 is 0 Å². The van der Waals surface area contributed by atoms with Crippen molar-refractivity contribution in [3.05, 3.63) is 48.0 Å². The largest absolute Gasteiger partial charge is 0.253 e. The first-order valence-electron chi connectivity index (χ1n) is 7.26. The molecular weight excluding hydrogens is 270 g/mol. The van der Waals surface area contributed by atoms with Crippen LogP contribution in [0.1, 0.15) is 36.6 Å². The fraction of sp³-hybridized carbons (Fsp3) is 0.500. The van der Waals surface area contributed by atoms with Crippen molar-refractivity contribution in [2.75, 3.05) is 0 Å². The minimum atomic E-state index is 0.256. The summed E-state index contributed by atoms with van der Waals surface area (Å²) < 4.78 is 1.86. The lowest BCUT2D eigenvalue weighted by molar-refractivity contribution is 0.320. The Bertz CT molecular complexity index is 552. The Labute approximate surface area is 125 Å². The molecule has 1 aliphatic rings. The van der Waals surface area contributed by atoms with Gasteiger partial charge in [-0.3, -0.25) is 4.68 Å². The molecular formula is C16H20ClN3. The Morgan fingerprint density at radius 3 is 2.75 bits per heavy atom. The molecule has 3 nitrogen and oxygen atoms in total. The second-order valence-electron chi connectivity index (χ2n) is 5.70. The summed E-state index contributed by atoms with van der Waals surface area (Å²) in [4.78, 5) is 4.34. The summed E-state index contributed by atoms with van der Waals surface area (Å²) >= 11 is 6.55. The predicted octanol–water partition coefficient (Wildman–Crippen LogP) is 3.55. The Morgan fingerprint density at radius 2 is 2.05 bits per heavy atom. The zero-order chi connectivity index (χ0) is 13.9. The van der Waals surface area contributed by atoms with Crippen molar-refractivity contribution in [3.8, 4) is 0 Å². The van der Waals surface area contributed by atoms with Crippen LogP contribution in [-0.2, 0) is 13.5 Å². The van der Waals surface area contributed by atoms with Gasteiger partial charge in [0.05, 0.1) is 0 Å². The van der Waals surface area contributed by atoms with Crippen LogP contribution in [0.5, 0.6) is 0 Å². The third-order valence-corrected chi connectivity index (χ3v) is 4.99. The minimum Gasteiger partial charge on any atom is -0.253 e. The number of benzene rings is 1. The third-order valence-electron chi connectivity index (χ3n) is 4.41. The summed E-state index contributed by atoms with van der Waals surface area (Å²) in [5.41, 5.74) is 1.44. The van der Waals surface area contributed by atoms with E-state index in [4.69, 9.17) is 11.6 Å². The minimum absolute atomic E-state index is 0.256. The van der Waals surface area contributed by atoms with Crippen LogP contribution in [0.2, 0.25) is 0 Å². The maximum absolute atomic E-state index is 6.55.